The summed E-state index contributed by atoms with van der Waals surface area (Å²) in [4.78, 5) is 15.8. The van der Waals surface area contributed by atoms with Gasteiger partial charge in [-0.2, -0.15) is 9.97 Å². The molecule has 0 amide bonds. The van der Waals surface area contributed by atoms with Crippen molar-refractivity contribution in [2.75, 3.05) is 38.3 Å². The first-order chi connectivity index (χ1) is 16.4. The summed E-state index contributed by atoms with van der Waals surface area (Å²) < 4.78 is 39.6. The average molecular weight is 482 g/mol. The van der Waals surface area contributed by atoms with Crippen molar-refractivity contribution in [1.82, 2.24) is 19.5 Å². The van der Waals surface area contributed by atoms with Gasteiger partial charge in [0.2, 0.25) is 9.84 Å². The molecule has 3 heterocycles. The summed E-state index contributed by atoms with van der Waals surface area (Å²) in [5, 5.41) is 1.75. The molecule has 0 unspecified atom stereocenters. The number of methoxy groups -OCH3 is 1. The third kappa shape index (κ3) is 4.07. The Kier molecular flexibility index (Phi) is 5.86. The second-order valence-corrected chi connectivity index (χ2v) is 10.2. The maximum Gasteiger partial charge on any atom is 0.251 e. The van der Waals surface area contributed by atoms with Crippen molar-refractivity contribution >= 4 is 37.6 Å². The summed E-state index contributed by atoms with van der Waals surface area (Å²) in [6.45, 7) is 4.37. The largest absolute Gasteiger partial charge is 0.497 e. The molecule has 0 atom stereocenters. The molecule has 0 N–H and O–H groups in total. The number of morpholine rings is 1. The van der Waals surface area contributed by atoms with Crippen molar-refractivity contribution in [3.8, 4) is 5.75 Å². The van der Waals surface area contributed by atoms with Crippen LogP contribution in [-0.2, 0) is 33.8 Å². The molecule has 34 heavy (non-hydrogen) atoms. The molecule has 2 aromatic heterocycles. The molecule has 0 spiro atoms. The van der Waals surface area contributed by atoms with E-state index in [9.17, 15) is 8.42 Å². The van der Waals surface area contributed by atoms with Gasteiger partial charge < -0.3 is 18.9 Å². The summed E-state index contributed by atoms with van der Waals surface area (Å²) in [7, 11) is -0.327. The van der Waals surface area contributed by atoms with E-state index >= 15 is 0 Å². The molecule has 4 aromatic rings. The van der Waals surface area contributed by atoms with Crippen molar-refractivity contribution in [3.05, 3.63) is 47.8 Å². The molecule has 0 saturated carbocycles. The summed E-state index contributed by atoms with van der Waals surface area (Å²) in [6.07, 6.45) is 0.708. The zero-order chi connectivity index (χ0) is 23.9. The maximum absolute atomic E-state index is 13.5. The molecule has 1 fully saturated rings. The second kappa shape index (κ2) is 8.84. The average Bonchev–Trinajstić information content (AvgIpc) is 3.19. The predicted octanol–water partition coefficient (Wildman–Crippen LogP) is 2.90. The number of ether oxygens (including phenoxy) is 2. The first kappa shape index (κ1) is 22.5. The monoisotopic (exact) mass is 481 g/mol. The molecule has 1 saturated heterocycles. The van der Waals surface area contributed by atoms with E-state index in [1.54, 1.807) is 7.11 Å². The van der Waals surface area contributed by atoms with Gasteiger partial charge in [-0.05, 0) is 28.5 Å². The van der Waals surface area contributed by atoms with Crippen molar-refractivity contribution < 1.29 is 17.9 Å². The minimum absolute atomic E-state index is 0.179. The fourth-order valence-corrected chi connectivity index (χ4v) is 5.50. The van der Waals surface area contributed by atoms with Crippen molar-refractivity contribution in [2.45, 2.75) is 24.3 Å². The van der Waals surface area contributed by atoms with Crippen LogP contribution in [0.15, 0.2) is 41.6 Å². The third-order valence-electron chi connectivity index (χ3n) is 6.15. The van der Waals surface area contributed by atoms with Gasteiger partial charge in [0.25, 0.3) is 5.16 Å². The number of imidazole rings is 1. The Morgan fingerprint density at radius 2 is 1.76 bits per heavy atom. The predicted molar refractivity (Wildman–Crippen MR) is 130 cm³/mol. The fourth-order valence-electron chi connectivity index (χ4n) is 4.30. The molecule has 5 rings (SSSR count). The van der Waals surface area contributed by atoms with Gasteiger partial charge in [-0.1, -0.05) is 31.2 Å². The molecule has 1 aliphatic rings. The van der Waals surface area contributed by atoms with Crippen molar-refractivity contribution in [3.63, 3.8) is 0 Å². The lowest BCUT2D eigenvalue weighted by Crippen LogP contribution is -2.37. The van der Waals surface area contributed by atoms with E-state index < -0.39 is 9.84 Å². The molecular weight excluding hydrogens is 454 g/mol. The number of fused-ring (bicyclic) bond motifs is 2. The van der Waals surface area contributed by atoms with Gasteiger partial charge in [0, 0.05) is 26.6 Å². The number of anilines is 1. The van der Waals surface area contributed by atoms with Gasteiger partial charge in [-0.3, -0.25) is 0 Å². The minimum atomic E-state index is -3.81. The smallest absolute Gasteiger partial charge is 0.251 e. The zero-order valence-electron chi connectivity index (χ0n) is 19.5. The molecule has 0 radical (unpaired) electrons. The number of aromatic nitrogens is 4. The molecule has 178 valence electrons. The van der Waals surface area contributed by atoms with Crippen LogP contribution in [0.4, 0.5) is 5.82 Å². The highest BCUT2D eigenvalue weighted by molar-refractivity contribution is 7.90. The van der Waals surface area contributed by atoms with Crippen molar-refractivity contribution in [1.29, 1.82) is 0 Å². The van der Waals surface area contributed by atoms with Crippen LogP contribution in [0.3, 0.4) is 0 Å². The minimum Gasteiger partial charge on any atom is -0.497 e. The molecule has 0 bridgehead atoms. The molecule has 9 nitrogen and oxygen atoms in total. The van der Waals surface area contributed by atoms with E-state index in [4.69, 9.17) is 14.5 Å². The summed E-state index contributed by atoms with van der Waals surface area (Å²) >= 11 is 0. The number of rotatable bonds is 6. The van der Waals surface area contributed by atoms with Crippen LogP contribution >= 0.6 is 0 Å². The topological polar surface area (TPSA) is 99.4 Å². The molecule has 1 aliphatic heterocycles. The molecule has 2 aromatic carbocycles. The Morgan fingerprint density at radius 1 is 1.03 bits per heavy atom. The SMILES string of the molecule is CCc1nc2c(N3CCOCC3)nc(S(=O)(=O)Cc3ccc4cc(OC)ccc4c3)nc2n1C. The van der Waals surface area contributed by atoms with Gasteiger partial charge in [0.1, 0.15) is 11.6 Å². The van der Waals surface area contributed by atoms with Gasteiger partial charge >= 0.3 is 0 Å². The Labute approximate surface area is 198 Å². The normalized spacial score (nSPS) is 14.7. The standard InChI is InChI=1S/C24H27N5O4S/c1-4-20-25-21-22(28(20)2)26-24(27-23(21)29-9-11-33-12-10-29)34(30,31)15-16-5-6-18-14-19(32-3)8-7-17(18)13-16/h5-8,13-14H,4,9-12,15H2,1-3H3. The van der Waals surface area contributed by atoms with E-state index in [-0.39, 0.29) is 10.9 Å². The number of hydrogen-bond donors (Lipinski definition) is 0. The van der Waals surface area contributed by atoms with Crippen LogP contribution in [0, 0.1) is 0 Å². The van der Waals surface area contributed by atoms with E-state index in [2.05, 4.69) is 9.97 Å². The lowest BCUT2D eigenvalue weighted by molar-refractivity contribution is 0.122. The first-order valence-corrected chi connectivity index (χ1v) is 12.9. The third-order valence-corrected chi connectivity index (χ3v) is 7.60. The first-order valence-electron chi connectivity index (χ1n) is 11.2. The van der Waals surface area contributed by atoms with Crippen LogP contribution in [0.1, 0.15) is 18.3 Å². The Hall–Kier alpha value is -3.24. The van der Waals surface area contributed by atoms with Crippen LogP contribution in [0.2, 0.25) is 0 Å². The number of hydrogen-bond acceptors (Lipinski definition) is 8. The lowest BCUT2D eigenvalue weighted by Gasteiger charge is -2.28. The fraction of sp³-hybridized carbons (Fsp3) is 0.375. The van der Waals surface area contributed by atoms with Crippen LogP contribution in [0.25, 0.3) is 21.9 Å². The molecule has 0 aliphatic carbocycles. The number of benzene rings is 2. The molecular formula is C24H27N5O4S. The quantitative estimate of drug-likeness (QED) is 0.388. The summed E-state index contributed by atoms with van der Waals surface area (Å²) in [5.41, 5.74) is 1.82. The Morgan fingerprint density at radius 3 is 2.50 bits per heavy atom. The van der Waals surface area contributed by atoms with E-state index in [0.717, 1.165) is 22.3 Å². The number of aryl methyl sites for hydroxylation is 2. The van der Waals surface area contributed by atoms with Gasteiger partial charge in [0.15, 0.2) is 17.0 Å². The second-order valence-electron chi connectivity index (χ2n) is 8.35. The highest BCUT2D eigenvalue weighted by atomic mass is 32.2. The maximum atomic E-state index is 13.5. The Balaban J connectivity index is 1.57. The molecule has 10 heteroatoms. The van der Waals surface area contributed by atoms with E-state index in [1.807, 2.05) is 59.8 Å². The van der Waals surface area contributed by atoms with Gasteiger partial charge in [0.05, 0.1) is 26.1 Å². The number of nitrogens with zero attached hydrogens (tertiary/aromatic N) is 5. The zero-order valence-corrected chi connectivity index (χ0v) is 20.3. The highest BCUT2D eigenvalue weighted by Crippen LogP contribution is 2.28. The summed E-state index contributed by atoms with van der Waals surface area (Å²) in [5.74, 6) is 1.94. The lowest BCUT2D eigenvalue weighted by atomic mass is 10.1. The summed E-state index contributed by atoms with van der Waals surface area (Å²) in [6, 6.07) is 11.3. The van der Waals surface area contributed by atoms with Crippen LogP contribution in [-0.4, -0.2) is 61.3 Å². The number of sulfone groups is 1. The van der Waals surface area contributed by atoms with Crippen molar-refractivity contribution in [2.24, 2.45) is 7.05 Å². The van der Waals surface area contributed by atoms with Gasteiger partial charge in [-0.15, -0.1) is 0 Å². The van der Waals surface area contributed by atoms with Gasteiger partial charge in [-0.25, -0.2) is 13.4 Å². The van der Waals surface area contributed by atoms with Crippen LogP contribution < -0.4 is 9.64 Å². The van der Waals surface area contributed by atoms with E-state index in [0.29, 0.717) is 55.3 Å². The van der Waals surface area contributed by atoms with Crippen LogP contribution in [0.5, 0.6) is 5.75 Å². The van der Waals surface area contributed by atoms with E-state index in [1.165, 1.54) is 0 Å². The Bertz CT molecular complexity index is 1480. The highest BCUT2D eigenvalue weighted by Gasteiger charge is 2.27.